The van der Waals surface area contributed by atoms with Crippen molar-refractivity contribution < 1.29 is 19.1 Å². The van der Waals surface area contributed by atoms with E-state index in [-0.39, 0.29) is 12.5 Å². The first-order valence-electron chi connectivity index (χ1n) is 8.44. The summed E-state index contributed by atoms with van der Waals surface area (Å²) in [5, 5.41) is 5.58. The lowest BCUT2D eigenvalue weighted by molar-refractivity contribution is -0.147. The van der Waals surface area contributed by atoms with Crippen molar-refractivity contribution in [2.24, 2.45) is 5.92 Å². The van der Waals surface area contributed by atoms with E-state index in [4.69, 9.17) is 16.3 Å². The quantitative estimate of drug-likeness (QED) is 0.785. The van der Waals surface area contributed by atoms with Crippen molar-refractivity contribution in [2.45, 2.75) is 45.1 Å². The summed E-state index contributed by atoms with van der Waals surface area (Å²) in [5.41, 5.74) is 0.735. The van der Waals surface area contributed by atoms with Gasteiger partial charge in [0.1, 0.15) is 0 Å². The van der Waals surface area contributed by atoms with Crippen LogP contribution >= 0.6 is 11.6 Å². The fraction of sp³-hybridized carbons (Fsp3) is 0.500. The number of ether oxygens (including phenoxy) is 1. The number of esters is 1. The number of halogens is 1. The number of imide groups is 1. The Morgan fingerprint density at radius 1 is 1.16 bits per heavy atom. The Kier molecular flexibility index (Phi) is 7.25. The van der Waals surface area contributed by atoms with Crippen molar-refractivity contribution in [1.82, 2.24) is 10.6 Å². The Morgan fingerprint density at radius 2 is 1.84 bits per heavy atom. The molecule has 0 aliphatic heterocycles. The predicted octanol–water partition coefficient (Wildman–Crippen LogP) is 2.83. The van der Waals surface area contributed by atoms with Gasteiger partial charge in [-0.1, -0.05) is 43.5 Å². The van der Waals surface area contributed by atoms with E-state index in [1.165, 1.54) is 6.42 Å². The van der Waals surface area contributed by atoms with Crippen LogP contribution in [0.5, 0.6) is 0 Å². The van der Waals surface area contributed by atoms with Crippen LogP contribution in [-0.4, -0.2) is 30.6 Å². The number of carbonyl (C=O) groups is 3. The van der Waals surface area contributed by atoms with E-state index >= 15 is 0 Å². The fourth-order valence-electron chi connectivity index (χ4n) is 2.86. The Bertz CT molecular complexity index is 618. The van der Waals surface area contributed by atoms with Gasteiger partial charge in [0.25, 0.3) is 5.91 Å². The predicted molar refractivity (Wildman–Crippen MR) is 94.2 cm³/mol. The van der Waals surface area contributed by atoms with Crippen molar-refractivity contribution in [3.05, 3.63) is 34.9 Å². The Hall–Kier alpha value is -2.08. The molecule has 1 fully saturated rings. The van der Waals surface area contributed by atoms with E-state index in [9.17, 15) is 14.4 Å². The molecule has 1 saturated carbocycles. The van der Waals surface area contributed by atoms with Gasteiger partial charge in [-0.15, -0.1) is 0 Å². The third kappa shape index (κ3) is 6.74. The van der Waals surface area contributed by atoms with Crippen molar-refractivity contribution in [3.63, 3.8) is 0 Å². The molecule has 0 radical (unpaired) electrons. The number of rotatable bonds is 5. The molecule has 0 aromatic heterocycles. The smallest absolute Gasteiger partial charge is 0.321 e. The first kappa shape index (κ1) is 19.2. The molecule has 0 saturated heterocycles. The maximum Gasteiger partial charge on any atom is 0.321 e. The number of hydrogen-bond donors (Lipinski definition) is 2. The lowest BCUT2D eigenvalue weighted by Crippen LogP contribution is -2.48. The van der Waals surface area contributed by atoms with Gasteiger partial charge in [0, 0.05) is 11.1 Å². The normalized spacial score (nSPS) is 19.8. The first-order chi connectivity index (χ1) is 11.9. The topological polar surface area (TPSA) is 84.5 Å². The second-order valence-corrected chi connectivity index (χ2v) is 6.79. The van der Waals surface area contributed by atoms with Crippen molar-refractivity contribution in [1.29, 1.82) is 0 Å². The molecule has 2 rings (SSSR count). The van der Waals surface area contributed by atoms with E-state index in [0.29, 0.717) is 10.9 Å². The van der Waals surface area contributed by atoms with Crippen LogP contribution in [0.1, 0.15) is 38.2 Å². The number of hydrogen-bond acceptors (Lipinski definition) is 4. The van der Waals surface area contributed by atoms with E-state index in [2.05, 4.69) is 17.6 Å². The highest BCUT2D eigenvalue weighted by Crippen LogP contribution is 2.23. The molecule has 0 unspecified atom stereocenters. The van der Waals surface area contributed by atoms with Crippen LogP contribution in [0.15, 0.2) is 24.3 Å². The SMILES string of the molecule is C[C@@H]1CCCC[C@H]1NC(=O)NC(=O)COC(=O)Cc1ccc(Cl)cc1. The minimum atomic E-state index is -0.648. The molecule has 0 spiro atoms. The molecule has 1 aromatic carbocycles. The van der Waals surface area contributed by atoms with Crippen LogP contribution in [-0.2, 0) is 20.7 Å². The van der Waals surface area contributed by atoms with Crippen LogP contribution in [0.4, 0.5) is 4.79 Å². The van der Waals surface area contributed by atoms with Crippen LogP contribution in [0.3, 0.4) is 0 Å². The standard InChI is InChI=1S/C18H23ClN2O4/c1-12-4-2-3-5-15(12)20-18(24)21-16(22)11-25-17(23)10-13-6-8-14(19)9-7-13/h6-9,12,15H,2-5,10-11H2,1H3,(H2,20,21,22,24)/t12-,15-/m1/s1. The summed E-state index contributed by atoms with van der Waals surface area (Å²) >= 11 is 5.77. The van der Waals surface area contributed by atoms with Gasteiger partial charge in [-0.2, -0.15) is 0 Å². The molecule has 2 atom stereocenters. The first-order valence-corrected chi connectivity index (χ1v) is 8.82. The second-order valence-electron chi connectivity index (χ2n) is 6.35. The summed E-state index contributed by atoms with van der Waals surface area (Å²) in [7, 11) is 0. The largest absolute Gasteiger partial charge is 0.455 e. The Balaban J connectivity index is 1.68. The molecular weight excluding hydrogens is 344 g/mol. The monoisotopic (exact) mass is 366 g/mol. The summed E-state index contributed by atoms with van der Waals surface area (Å²) in [4.78, 5) is 35.3. The molecular formula is C18H23ClN2O4. The summed E-state index contributed by atoms with van der Waals surface area (Å²) < 4.78 is 4.89. The number of carbonyl (C=O) groups excluding carboxylic acids is 3. The van der Waals surface area contributed by atoms with Gasteiger partial charge in [0.2, 0.25) is 0 Å². The molecule has 0 heterocycles. The van der Waals surface area contributed by atoms with Gasteiger partial charge in [0.15, 0.2) is 6.61 Å². The summed E-state index contributed by atoms with van der Waals surface area (Å²) in [5.74, 6) is -0.795. The summed E-state index contributed by atoms with van der Waals surface area (Å²) in [6, 6.07) is 6.30. The Morgan fingerprint density at radius 3 is 2.52 bits per heavy atom. The molecule has 6 nitrogen and oxygen atoms in total. The van der Waals surface area contributed by atoms with E-state index in [1.807, 2.05) is 0 Å². The maximum atomic E-state index is 11.8. The molecule has 2 N–H and O–H groups in total. The highest BCUT2D eigenvalue weighted by Gasteiger charge is 2.23. The van der Waals surface area contributed by atoms with Gasteiger partial charge >= 0.3 is 12.0 Å². The van der Waals surface area contributed by atoms with Gasteiger partial charge < -0.3 is 10.1 Å². The molecule has 1 aliphatic carbocycles. The van der Waals surface area contributed by atoms with Crippen LogP contribution < -0.4 is 10.6 Å². The molecule has 0 bridgehead atoms. The average molecular weight is 367 g/mol. The number of benzene rings is 1. The number of amides is 3. The van der Waals surface area contributed by atoms with Gasteiger partial charge in [-0.3, -0.25) is 14.9 Å². The molecule has 1 aliphatic rings. The summed E-state index contributed by atoms with van der Waals surface area (Å²) in [6.07, 6.45) is 4.27. The lowest BCUT2D eigenvalue weighted by Gasteiger charge is -2.29. The zero-order valence-electron chi connectivity index (χ0n) is 14.2. The van der Waals surface area contributed by atoms with Crippen LogP contribution in [0, 0.1) is 5.92 Å². The van der Waals surface area contributed by atoms with Crippen molar-refractivity contribution in [2.75, 3.05) is 6.61 Å². The minimum Gasteiger partial charge on any atom is -0.455 e. The number of urea groups is 1. The molecule has 136 valence electrons. The lowest BCUT2D eigenvalue weighted by atomic mass is 9.86. The fourth-order valence-corrected chi connectivity index (χ4v) is 2.99. The van der Waals surface area contributed by atoms with Crippen molar-refractivity contribution in [3.8, 4) is 0 Å². The third-order valence-electron chi connectivity index (χ3n) is 4.31. The van der Waals surface area contributed by atoms with E-state index < -0.39 is 24.5 Å². The summed E-state index contributed by atoms with van der Waals surface area (Å²) in [6.45, 7) is 1.60. The van der Waals surface area contributed by atoms with E-state index in [1.54, 1.807) is 24.3 Å². The zero-order chi connectivity index (χ0) is 18.2. The van der Waals surface area contributed by atoms with Gasteiger partial charge in [-0.25, -0.2) is 4.79 Å². The van der Waals surface area contributed by atoms with Crippen molar-refractivity contribution >= 4 is 29.5 Å². The highest BCUT2D eigenvalue weighted by molar-refractivity contribution is 6.30. The maximum absolute atomic E-state index is 11.8. The highest BCUT2D eigenvalue weighted by atomic mass is 35.5. The van der Waals surface area contributed by atoms with Crippen LogP contribution in [0.2, 0.25) is 5.02 Å². The van der Waals surface area contributed by atoms with E-state index in [0.717, 1.165) is 24.8 Å². The molecule has 7 heteroatoms. The number of nitrogens with one attached hydrogen (secondary N) is 2. The second kappa shape index (κ2) is 9.42. The Labute approximate surface area is 152 Å². The zero-order valence-corrected chi connectivity index (χ0v) is 15.0. The van der Waals surface area contributed by atoms with Gasteiger partial charge in [0.05, 0.1) is 6.42 Å². The molecule has 3 amide bonds. The van der Waals surface area contributed by atoms with Gasteiger partial charge in [-0.05, 0) is 36.5 Å². The molecule has 25 heavy (non-hydrogen) atoms. The average Bonchev–Trinajstić information content (AvgIpc) is 2.57. The molecule has 1 aromatic rings. The third-order valence-corrected chi connectivity index (χ3v) is 4.56. The van der Waals surface area contributed by atoms with Crippen LogP contribution in [0.25, 0.3) is 0 Å². The minimum absolute atomic E-state index is 0.0379.